The van der Waals surface area contributed by atoms with Gasteiger partial charge in [-0.15, -0.1) is 0 Å². The van der Waals surface area contributed by atoms with Gasteiger partial charge < -0.3 is 9.42 Å². The second-order valence-corrected chi connectivity index (χ2v) is 8.19. The molecule has 9 nitrogen and oxygen atoms in total. The first-order chi connectivity index (χ1) is 16.1. The number of amides is 1. The summed E-state index contributed by atoms with van der Waals surface area (Å²) in [5.41, 5.74) is 1.34. The van der Waals surface area contributed by atoms with Crippen molar-refractivity contribution >= 4 is 16.7 Å². The Morgan fingerprint density at radius 1 is 1.18 bits per heavy atom. The molecule has 1 aliphatic rings. The van der Waals surface area contributed by atoms with E-state index in [1.165, 1.54) is 4.68 Å². The summed E-state index contributed by atoms with van der Waals surface area (Å²) in [6.07, 6.45) is 5.73. The summed E-state index contributed by atoms with van der Waals surface area (Å²) in [6, 6.07) is 11.1. The van der Waals surface area contributed by atoms with Crippen molar-refractivity contribution in [1.29, 1.82) is 0 Å². The van der Waals surface area contributed by atoms with Gasteiger partial charge in [0, 0.05) is 36.4 Å². The summed E-state index contributed by atoms with van der Waals surface area (Å²) in [7, 11) is 0. The van der Waals surface area contributed by atoms with Crippen LogP contribution in [0.4, 0.5) is 0 Å². The van der Waals surface area contributed by atoms with E-state index in [0.29, 0.717) is 36.6 Å². The zero-order valence-electron chi connectivity index (χ0n) is 18.3. The number of benzene rings is 1. The molecule has 1 unspecified atom stereocenters. The Balaban J connectivity index is 1.34. The fourth-order valence-corrected chi connectivity index (χ4v) is 4.32. The molecule has 1 saturated heterocycles. The molecule has 3 aromatic heterocycles. The predicted molar refractivity (Wildman–Crippen MR) is 121 cm³/mol. The molecule has 0 bridgehead atoms. The van der Waals surface area contributed by atoms with Crippen molar-refractivity contribution in [3.8, 4) is 11.4 Å². The van der Waals surface area contributed by atoms with Gasteiger partial charge in [0.15, 0.2) is 0 Å². The molecule has 1 fully saturated rings. The molecule has 5 rings (SSSR count). The molecule has 168 valence electrons. The third-order valence-electron chi connectivity index (χ3n) is 6.05. The summed E-state index contributed by atoms with van der Waals surface area (Å²) in [4.78, 5) is 36.4. The number of piperidine rings is 1. The van der Waals surface area contributed by atoms with Crippen LogP contribution in [0.1, 0.15) is 37.3 Å². The van der Waals surface area contributed by atoms with E-state index in [1.54, 1.807) is 23.4 Å². The van der Waals surface area contributed by atoms with Crippen LogP contribution in [0.2, 0.25) is 0 Å². The molecule has 0 aliphatic carbocycles. The minimum absolute atomic E-state index is 0.0480. The van der Waals surface area contributed by atoms with Gasteiger partial charge in [0.1, 0.15) is 6.54 Å². The van der Waals surface area contributed by atoms with Crippen molar-refractivity contribution in [2.45, 2.75) is 38.6 Å². The first kappa shape index (κ1) is 21.0. The Hall–Kier alpha value is -3.88. The molecule has 0 spiro atoms. The maximum absolute atomic E-state index is 13.1. The standard InChI is InChI=1S/C24H24N6O3/c1-2-20-18-9-3-4-10-19(18)24(32)30(27-20)15-21(31)29-12-6-8-17(14-29)23-26-22(28-33-23)16-7-5-11-25-13-16/h3-5,7,9-11,13,17H,2,6,8,12,14-15H2,1H3. The SMILES string of the molecule is CCc1nn(CC(=O)N2CCCC(c3nc(-c4cccnc4)no3)C2)c(=O)c2ccccc12. The highest BCUT2D eigenvalue weighted by molar-refractivity contribution is 5.84. The number of aromatic nitrogens is 5. The predicted octanol–water partition coefficient (Wildman–Crippen LogP) is 2.81. The molecule has 0 N–H and O–H groups in total. The number of hydrogen-bond acceptors (Lipinski definition) is 7. The van der Waals surface area contributed by atoms with Gasteiger partial charge in [-0.2, -0.15) is 10.1 Å². The third kappa shape index (κ3) is 4.13. The zero-order valence-corrected chi connectivity index (χ0v) is 18.3. The molecule has 4 aromatic rings. The van der Waals surface area contributed by atoms with Gasteiger partial charge in [-0.25, -0.2) is 4.68 Å². The molecule has 4 heterocycles. The lowest BCUT2D eigenvalue weighted by molar-refractivity contribution is -0.133. The van der Waals surface area contributed by atoms with Crippen LogP contribution >= 0.6 is 0 Å². The molecule has 0 radical (unpaired) electrons. The van der Waals surface area contributed by atoms with E-state index >= 15 is 0 Å². The number of fused-ring (bicyclic) bond motifs is 1. The molecule has 1 amide bonds. The summed E-state index contributed by atoms with van der Waals surface area (Å²) >= 11 is 0. The number of carbonyl (C=O) groups excluding carboxylic acids is 1. The molecule has 33 heavy (non-hydrogen) atoms. The molecule has 1 atom stereocenters. The maximum atomic E-state index is 13.1. The Morgan fingerprint density at radius 2 is 2.03 bits per heavy atom. The normalized spacial score (nSPS) is 16.3. The first-order valence-corrected chi connectivity index (χ1v) is 11.1. The molecule has 1 aromatic carbocycles. The summed E-state index contributed by atoms with van der Waals surface area (Å²) in [5, 5.41) is 9.98. The fraction of sp³-hybridized carbons (Fsp3) is 0.333. The second-order valence-electron chi connectivity index (χ2n) is 8.19. The van der Waals surface area contributed by atoms with Crippen LogP contribution < -0.4 is 5.56 Å². The Kier molecular flexibility index (Phi) is 5.68. The summed E-state index contributed by atoms with van der Waals surface area (Å²) in [6.45, 7) is 3.00. The van der Waals surface area contributed by atoms with Crippen LogP contribution in [0.15, 0.2) is 58.1 Å². The lowest BCUT2D eigenvalue weighted by Gasteiger charge is -2.31. The van der Waals surface area contributed by atoms with E-state index in [9.17, 15) is 9.59 Å². The number of carbonyl (C=O) groups is 1. The Labute approximate surface area is 190 Å². The van der Waals surface area contributed by atoms with Gasteiger partial charge >= 0.3 is 0 Å². The van der Waals surface area contributed by atoms with E-state index in [-0.39, 0.29) is 23.9 Å². The van der Waals surface area contributed by atoms with Crippen LogP contribution in [-0.2, 0) is 17.8 Å². The van der Waals surface area contributed by atoms with Gasteiger partial charge in [0.25, 0.3) is 5.56 Å². The van der Waals surface area contributed by atoms with E-state index in [1.807, 2.05) is 37.3 Å². The summed E-state index contributed by atoms with van der Waals surface area (Å²) < 4.78 is 6.80. The van der Waals surface area contributed by atoms with E-state index in [4.69, 9.17) is 4.52 Å². The van der Waals surface area contributed by atoms with Crippen LogP contribution in [-0.4, -0.2) is 48.8 Å². The number of hydrogen-bond donors (Lipinski definition) is 0. The lowest BCUT2D eigenvalue weighted by Crippen LogP contribution is -2.42. The van der Waals surface area contributed by atoms with Gasteiger partial charge in [-0.05, 0) is 37.5 Å². The number of nitrogens with zero attached hydrogens (tertiary/aromatic N) is 6. The number of rotatable bonds is 5. The summed E-state index contributed by atoms with van der Waals surface area (Å²) in [5.74, 6) is 0.813. The highest BCUT2D eigenvalue weighted by Gasteiger charge is 2.29. The van der Waals surface area contributed by atoms with Gasteiger partial charge in [0.2, 0.25) is 17.6 Å². The minimum atomic E-state index is -0.247. The fourth-order valence-electron chi connectivity index (χ4n) is 4.32. The topological polar surface area (TPSA) is 107 Å². The third-order valence-corrected chi connectivity index (χ3v) is 6.05. The van der Waals surface area contributed by atoms with Crippen molar-refractivity contribution in [1.82, 2.24) is 29.8 Å². The monoisotopic (exact) mass is 444 g/mol. The largest absolute Gasteiger partial charge is 0.340 e. The minimum Gasteiger partial charge on any atom is -0.340 e. The number of pyridine rings is 1. The van der Waals surface area contributed by atoms with Crippen molar-refractivity contribution in [3.05, 3.63) is 70.7 Å². The maximum Gasteiger partial charge on any atom is 0.275 e. The average molecular weight is 444 g/mol. The molecule has 1 aliphatic heterocycles. The second kappa shape index (κ2) is 8.93. The molecule has 9 heteroatoms. The number of aryl methyl sites for hydroxylation is 1. The van der Waals surface area contributed by atoms with Gasteiger partial charge in [-0.3, -0.25) is 14.6 Å². The van der Waals surface area contributed by atoms with Crippen molar-refractivity contribution in [2.75, 3.05) is 13.1 Å². The average Bonchev–Trinajstić information content (AvgIpc) is 3.37. The quantitative estimate of drug-likeness (QED) is 0.466. The molecular formula is C24H24N6O3. The highest BCUT2D eigenvalue weighted by atomic mass is 16.5. The van der Waals surface area contributed by atoms with Crippen LogP contribution in [0, 0.1) is 0 Å². The van der Waals surface area contributed by atoms with Gasteiger partial charge in [0.05, 0.1) is 17.0 Å². The van der Waals surface area contributed by atoms with E-state index < -0.39 is 0 Å². The smallest absolute Gasteiger partial charge is 0.275 e. The van der Waals surface area contributed by atoms with E-state index in [2.05, 4.69) is 20.2 Å². The lowest BCUT2D eigenvalue weighted by atomic mass is 9.98. The van der Waals surface area contributed by atoms with Crippen molar-refractivity contribution < 1.29 is 9.32 Å². The zero-order chi connectivity index (χ0) is 22.8. The highest BCUT2D eigenvalue weighted by Crippen LogP contribution is 2.27. The molecule has 0 saturated carbocycles. The van der Waals surface area contributed by atoms with Crippen LogP contribution in [0.5, 0.6) is 0 Å². The van der Waals surface area contributed by atoms with Crippen molar-refractivity contribution in [2.24, 2.45) is 0 Å². The molecular weight excluding hydrogens is 420 g/mol. The first-order valence-electron chi connectivity index (χ1n) is 11.1. The Morgan fingerprint density at radius 3 is 2.82 bits per heavy atom. The van der Waals surface area contributed by atoms with Crippen molar-refractivity contribution in [3.63, 3.8) is 0 Å². The van der Waals surface area contributed by atoms with Gasteiger partial charge in [-0.1, -0.05) is 30.3 Å². The number of likely N-dealkylation sites (tertiary alicyclic amines) is 1. The van der Waals surface area contributed by atoms with Crippen LogP contribution in [0.25, 0.3) is 22.2 Å². The Bertz CT molecular complexity index is 1350. The van der Waals surface area contributed by atoms with Crippen LogP contribution in [0.3, 0.4) is 0 Å². The van der Waals surface area contributed by atoms with E-state index in [0.717, 1.165) is 29.5 Å².